The number of hydrogen-bond acceptors (Lipinski definition) is 4. The van der Waals surface area contributed by atoms with Crippen LogP contribution in [0.5, 0.6) is 5.75 Å². The first-order chi connectivity index (χ1) is 9.67. The second-order valence-electron chi connectivity index (χ2n) is 5.21. The van der Waals surface area contributed by atoms with Crippen molar-refractivity contribution in [2.24, 2.45) is 5.92 Å². The molecule has 0 aliphatic rings. The standard InChI is InChI=1S/C15H23N3OS/c1-4-18-10-13(8-17-18)19-11-15-6-5-14(20-15)9-16-7-12(2)3/h5-6,8,10,12,16H,4,7,9,11H2,1-3H3. The molecule has 20 heavy (non-hydrogen) atoms. The van der Waals surface area contributed by atoms with Crippen molar-refractivity contribution >= 4 is 11.3 Å². The van der Waals surface area contributed by atoms with Crippen LogP contribution >= 0.6 is 11.3 Å². The Morgan fingerprint density at radius 3 is 2.85 bits per heavy atom. The van der Waals surface area contributed by atoms with Crippen LogP contribution in [0.3, 0.4) is 0 Å². The predicted molar refractivity (Wildman–Crippen MR) is 83.1 cm³/mol. The predicted octanol–water partition coefficient (Wildman–Crippen LogP) is 3.29. The molecule has 0 unspecified atom stereocenters. The summed E-state index contributed by atoms with van der Waals surface area (Å²) in [6, 6.07) is 4.31. The van der Waals surface area contributed by atoms with E-state index in [0.717, 1.165) is 25.4 Å². The third kappa shape index (κ3) is 4.65. The van der Waals surface area contributed by atoms with Crippen LogP contribution in [0.2, 0.25) is 0 Å². The maximum atomic E-state index is 5.74. The monoisotopic (exact) mass is 293 g/mol. The van der Waals surface area contributed by atoms with Gasteiger partial charge in [0.15, 0.2) is 5.75 Å². The fourth-order valence-electron chi connectivity index (χ4n) is 1.83. The molecule has 1 N–H and O–H groups in total. The number of aromatic nitrogens is 2. The Hall–Kier alpha value is -1.33. The highest BCUT2D eigenvalue weighted by atomic mass is 32.1. The van der Waals surface area contributed by atoms with E-state index in [9.17, 15) is 0 Å². The lowest BCUT2D eigenvalue weighted by atomic mass is 10.2. The van der Waals surface area contributed by atoms with Gasteiger partial charge in [-0.3, -0.25) is 4.68 Å². The number of ether oxygens (including phenoxy) is 1. The summed E-state index contributed by atoms with van der Waals surface area (Å²) in [5, 5.41) is 7.65. The van der Waals surface area contributed by atoms with Gasteiger partial charge in [0.25, 0.3) is 0 Å². The molecule has 0 amide bonds. The molecule has 4 nitrogen and oxygen atoms in total. The van der Waals surface area contributed by atoms with Crippen LogP contribution in [0.15, 0.2) is 24.5 Å². The molecule has 110 valence electrons. The van der Waals surface area contributed by atoms with Gasteiger partial charge in [-0.1, -0.05) is 13.8 Å². The van der Waals surface area contributed by atoms with Gasteiger partial charge < -0.3 is 10.1 Å². The molecule has 0 spiro atoms. The maximum Gasteiger partial charge on any atom is 0.157 e. The topological polar surface area (TPSA) is 39.1 Å². The smallest absolute Gasteiger partial charge is 0.157 e. The quantitative estimate of drug-likeness (QED) is 0.812. The fourth-order valence-corrected chi connectivity index (χ4v) is 2.73. The Balaban J connectivity index is 1.77. The molecule has 0 saturated carbocycles. The molecule has 5 heteroatoms. The van der Waals surface area contributed by atoms with E-state index >= 15 is 0 Å². The molecule has 0 radical (unpaired) electrons. The number of nitrogens with one attached hydrogen (secondary N) is 1. The Morgan fingerprint density at radius 2 is 2.15 bits per heavy atom. The Labute approximate surface area is 124 Å². The highest BCUT2D eigenvalue weighted by molar-refractivity contribution is 7.11. The molecule has 0 fully saturated rings. The van der Waals surface area contributed by atoms with Crippen molar-refractivity contribution in [3.05, 3.63) is 34.3 Å². The van der Waals surface area contributed by atoms with Gasteiger partial charge in [0.1, 0.15) is 6.61 Å². The van der Waals surface area contributed by atoms with Gasteiger partial charge in [0.05, 0.1) is 12.4 Å². The van der Waals surface area contributed by atoms with Crippen LogP contribution in [0.25, 0.3) is 0 Å². The van der Waals surface area contributed by atoms with Crippen LogP contribution < -0.4 is 10.1 Å². The van der Waals surface area contributed by atoms with E-state index in [1.165, 1.54) is 9.75 Å². The normalized spacial score (nSPS) is 11.2. The second-order valence-corrected chi connectivity index (χ2v) is 6.47. The molecule has 2 heterocycles. The van der Waals surface area contributed by atoms with E-state index < -0.39 is 0 Å². The Kier molecular flexibility index (Phi) is 5.61. The van der Waals surface area contributed by atoms with E-state index in [-0.39, 0.29) is 0 Å². The van der Waals surface area contributed by atoms with E-state index in [0.29, 0.717) is 12.5 Å². The zero-order valence-electron chi connectivity index (χ0n) is 12.4. The molecule has 0 atom stereocenters. The highest BCUT2D eigenvalue weighted by Crippen LogP contribution is 2.19. The van der Waals surface area contributed by atoms with Crippen molar-refractivity contribution in [1.82, 2.24) is 15.1 Å². The minimum absolute atomic E-state index is 0.615. The fraction of sp³-hybridized carbons (Fsp3) is 0.533. The summed E-state index contributed by atoms with van der Waals surface area (Å²) in [7, 11) is 0. The number of rotatable bonds is 8. The van der Waals surface area contributed by atoms with Gasteiger partial charge in [0.2, 0.25) is 0 Å². The SMILES string of the molecule is CCn1cc(OCc2ccc(CNCC(C)C)s2)cn1. The average Bonchev–Trinajstić information content (AvgIpc) is 3.04. The van der Waals surface area contributed by atoms with Crippen molar-refractivity contribution < 1.29 is 4.74 Å². The highest BCUT2D eigenvalue weighted by Gasteiger charge is 2.03. The summed E-state index contributed by atoms with van der Waals surface area (Å²) in [6.45, 7) is 9.98. The van der Waals surface area contributed by atoms with Gasteiger partial charge in [-0.05, 0) is 31.5 Å². The molecule has 2 aromatic heterocycles. The maximum absolute atomic E-state index is 5.74. The largest absolute Gasteiger partial charge is 0.485 e. The summed E-state index contributed by atoms with van der Waals surface area (Å²) < 4.78 is 7.60. The molecule has 2 rings (SSSR count). The van der Waals surface area contributed by atoms with Crippen LogP contribution in [0, 0.1) is 5.92 Å². The Morgan fingerprint density at radius 1 is 1.35 bits per heavy atom. The van der Waals surface area contributed by atoms with Crippen molar-refractivity contribution in [2.45, 2.75) is 40.5 Å². The van der Waals surface area contributed by atoms with Crippen LogP contribution in [-0.2, 0) is 19.7 Å². The third-order valence-electron chi connectivity index (χ3n) is 2.88. The van der Waals surface area contributed by atoms with E-state index in [2.05, 4.69) is 43.3 Å². The Bertz CT molecular complexity index is 519. The first kappa shape index (κ1) is 15.1. The number of nitrogens with zero attached hydrogens (tertiary/aromatic N) is 2. The number of hydrogen-bond donors (Lipinski definition) is 1. The van der Waals surface area contributed by atoms with E-state index in [4.69, 9.17) is 4.74 Å². The summed E-state index contributed by atoms with van der Waals surface area (Å²) >= 11 is 1.80. The van der Waals surface area contributed by atoms with Crippen LogP contribution in [-0.4, -0.2) is 16.3 Å². The molecular weight excluding hydrogens is 270 g/mol. The zero-order chi connectivity index (χ0) is 14.4. The zero-order valence-corrected chi connectivity index (χ0v) is 13.2. The minimum atomic E-state index is 0.615. The second kappa shape index (κ2) is 7.45. The number of aryl methyl sites for hydroxylation is 1. The summed E-state index contributed by atoms with van der Waals surface area (Å²) in [5.74, 6) is 1.52. The molecule has 0 bridgehead atoms. The molecule has 2 aromatic rings. The third-order valence-corrected chi connectivity index (χ3v) is 3.94. The molecule has 0 aliphatic carbocycles. The summed E-state index contributed by atoms with van der Waals surface area (Å²) in [6.07, 6.45) is 3.70. The molecular formula is C15H23N3OS. The molecule has 0 saturated heterocycles. The lowest BCUT2D eigenvalue weighted by Gasteiger charge is -2.05. The van der Waals surface area contributed by atoms with Gasteiger partial charge in [-0.25, -0.2) is 0 Å². The van der Waals surface area contributed by atoms with Gasteiger partial charge >= 0.3 is 0 Å². The van der Waals surface area contributed by atoms with Gasteiger partial charge in [0, 0.05) is 22.8 Å². The first-order valence-electron chi connectivity index (χ1n) is 7.11. The van der Waals surface area contributed by atoms with Gasteiger partial charge in [-0.15, -0.1) is 11.3 Å². The van der Waals surface area contributed by atoms with Crippen molar-refractivity contribution in [3.63, 3.8) is 0 Å². The number of thiophene rings is 1. The van der Waals surface area contributed by atoms with Crippen LogP contribution in [0.4, 0.5) is 0 Å². The lowest BCUT2D eigenvalue weighted by molar-refractivity contribution is 0.309. The van der Waals surface area contributed by atoms with E-state index in [1.807, 2.05) is 10.9 Å². The average molecular weight is 293 g/mol. The van der Waals surface area contributed by atoms with E-state index in [1.54, 1.807) is 17.5 Å². The lowest BCUT2D eigenvalue weighted by Crippen LogP contribution is -2.18. The van der Waals surface area contributed by atoms with Crippen molar-refractivity contribution in [3.8, 4) is 5.75 Å². The summed E-state index contributed by atoms with van der Waals surface area (Å²) in [4.78, 5) is 2.60. The summed E-state index contributed by atoms with van der Waals surface area (Å²) in [5.41, 5.74) is 0. The van der Waals surface area contributed by atoms with Crippen molar-refractivity contribution in [1.29, 1.82) is 0 Å². The van der Waals surface area contributed by atoms with Gasteiger partial charge in [-0.2, -0.15) is 5.10 Å². The minimum Gasteiger partial charge on any atom is -0.485 e. The molecule has 0 aromatic carbocycles. The van der Waals surface area contributed by atoms with Crippen molar-refractivity contribution in [2.75, 3.05) is 6.54 Å². The van der Waals surface area contributed by atoms with Crippen LogP contribution in [0.1, 0.15) is 30.5 Å². The molecule has 0 aliphatic heterocycles. The first-order valence-corrected chi connectivity index (χ1v) is 7.92.